The van der Waals surface area contributed by atoms with Crippen LogP contribution in [-0.2, 0) is 0 Å². The summed E-state index contributed by atoms with van der Waals surface area (Å²) in [4.78, 5) is 15.2. The van der Waals surface area contributed by atoms with Gasteiger partial charge in [0.15, 0.2) is 17.5 Å². The molecule has 272 valence electrons. The van der Waals surface area contributed by atoms with Crippen molar-refractivity contribution < 1.29 is 9.15 Å². The van der Waals surface area contributed by atoms with Crippen LogP contribution in [0.3, 0.4) is 0 Å². The van der Waals surface area contributed by atoms with Gasteiger partial charge in [-0.05, 0) is 92.3 Å². The van der Waals surface area contributed by atoms with Crippen molar-refractivity contribution in [2.75, 3.05) is 0 Å². The fourth-order valence-electron chi connectivity index (χ4n) is 8.93. The summed E-state index contributed by atoms with van der Waals surface area (Å²) >= 11 is 0. The summed E-state index contributed by atoms with van der Waals surface area (Å²) in [5.74, 6) is 2.79. The highest BCUT2D eigenvalue weighted by Gasteiger charge is 2.36. The zero-order valence-electron chi connectivity index (χ0n) is 31.2. The van der Waals surface area contributed by atoms with Crippen LogP contribution in [0, 0.1) is 0 Å². The lowest BCUT2D eigenvalue weighted by Gasteiger charge is -2.21. The lowest BCUT2D eigenvalue weighted by Crippen LogP contribution is -2.17. The van der Waals surface area contributed by atoms with Gasteiger partial charge in [0.1, 0.15) is 23.0 Å². The lowest BCUT2D eigenvalue weighted by atomic mass is 9.82. The third kappa shape index (κ3) is 5.28. The number of furan rings is 1. The van der Waals surface area contributed by atoms with Gasteiger partial charge in [-0.1, -0.05) is 140 Å². The Morgan fingerprint density at radius 2 is 1.09 bits per heavy atom. The molecule has 0 saturated heterocycles. The van der Waals surface area contributed by atoms with E-state index in [4.69, 9.17) is 24.1 Å². The van der Waals surface area contributed by atoms with Crippen LogP contribution in [0.5, 0.6) is 5.75 Å². The van der Waals surface area contributed by atoms with E-state index in [1.54, 1.807) is 0 Å². The van der Waals surface area contributed by atoms with Crippen LogP contribution >= 0.6 is 0 Å². The van der Waals surface area contributed by atoms with E-state index in [9.17, 15) is 0 Å². The molecule has 2 atom stereocenters. The fourth-order valence-corrected chi connectivity index (χ4v) is 8.93. The van der Waals surface area contributed by atoms with Gasteiger partial charge in [-0.15, -0.1) is 0 Å². The fraction of sp³-hybridized carbons (Fsp3) is 0.0377. The zero-order valence-corrected chi connectivity index (χ0v) is 31.2. The first-order valence-electron chi connectivity index (χ1n) is 19.7. The maximum absolute atomic E-state index is 6.64. The van der Waals surface area contributed by atoms with Crippen molar-refractivity contribution in [3.63, 3.8) is 0 Å². The quantitative estimate of drug-likeness (QED) is 0.164. The Labute approximate surface area is 334 Å². The molecule has 2 aliphatic rings. The molecule has 0 N–H and O–H groups in total. The predicted octanol–water partition coefficient (Wildman–Crippen LogP) is 13.2. The number of benzene rings is 8. The standard InChI is InChI=1S/C53H33N3O2/c1-2-12-32(13-3-1)51-54-52(56-53(55-51)37-25-27-47-44(31-37)42-20-8-9-22-46(42)57-47)36-16-10-15-33(28-36)39-21-11-23-49-50(39)45-30-35(24-26-48(45)58-49)43-29-34-14-4-5-17-38(34)40-18-6-7-19-41(40)43/h1-31,45,48H. The number of para-hydroxylation sites is 1. The van der Waals surface area contributed by atoms with Gasteiger partial charge in [0.2, 0.25) is 0 Å². The van der Waals surface area contributed by atoms with E-state index in [1.165, 1.54) is 38.2 Å². The van der Waals surface area contributed by atoms with Gasteiger partial charge in [0.05, 0.1) is 0 Å². The molecule has 0 radical (unpaired) electrons. The number of rotatable bonds is 5. The number of nitrogens with zero attached hydrogens (tertiary/aromatic N) is 3. The van der Waals surface area contributed by atoms with E-state index < -0.39 is 0 Å². The monoisotopic (exact) mass is 743 g/mol. The summed E-state index contributed by atoms with van der Waals surface area (Å²) in [6.45, 7) is 0. The van der Waals surface area contributed by atoms with Gasteiger partial charge in [-0.3, -0.25) is 0 Å². The summed E-state index contributed by atoms with van der Waals surface area (Å²) in [6.07, 6.45) is 6.79. The maximum atomic E-state index is 6.64. The average Bonchev–Trinajstić information content (AvgIpc) is 3.87. The molecule has 0 spiro atoms. The molecule has 5 heteroatoms. The predicted molar refractivity (Wildman–Crippen MR) is 235 cm³/mol. The van der Waals surface area contributed by atoms with Gasteiger partial charge < -0.3 is 9.15 Å². The summed E-state index contributed by atoms with van der Waals surface area (Å²) in [5.41, 5.74) is 10.3. The Bertz CT molecular complexity index is 3340. The van der Waals surface area contributed by atoms with E-state index in [0.29, 0.717) is 17.5 Å². The molecule has 2 unspecified atom stereocenters. The molecule has 2 aromatic heterocycles. The second kappa shape index (κ2) is 13.0. The molecule has 0 amide bonds. The van der Waals surface area contributed by atoms with E-state index in [0.717, 1.165) is 55.5 Å². The van der Waals surface area contributed by atoms with E-state index in [-0.39, 0.29) is 12.0 Å². The molecule has 3 heterocycles. The normalized spacial score (nSPS) is 15.8. The summed E-state index contributed by atoms with van der Waals surface area (Å²) < 4.78 is 12.8. The van der Waals surface area contributed by atoms with Gasteiger partial charge >= 0.3 is 0 Å². The number of hydrogen-bond acceptors (Lipinski definition) is 5. The Morgan fingerprint density at radius 1 is 0.431 bits per heavy atom. The molecular weight excluding hydrogens is 711 g/mol. The van der Waals surface area contributed by atoms with Crippen molar-refractivity contribution in [1.29, 1.82) is 0 Å². The Morgan fingerprint density at radius 3 is 1.95 bits per heavy atom. The molecule has 1 aliphatic carbocycles. The number of fused-ring (bicyclic) bond motifs is 9. The Hall–Kier alpha value is -7.63. The maximum Gasteiger partial charge on any atom is 0.164 e. The van der Waals surface area contributed by atoms with Crippen LogP contribution in [0.2, 0.25) is 0 Å². The van der Waals surface area contributed by atoms with Crippen molar-refractivity contribution in [1.82, 2.24) is 15.0 Å². The van der Waals surface area contributed by atoms with E-state index in [1.807, 2.05) is 60.7 Å². The van der Waals surface area contributed by atoms with Crippen molar-refractivity contribution in [2.24, 2.45) is 0 Å². The lowest BCUT2D eigenvalue weighted by molar-refractivity contribution is 0.269. The van der Waals surface area contributed by atoms with Crippen molar-refractivity contribution in [3.05, 3.63) is 199 Å². The molecule has 0 saturated carbocycles. The van der Waals surface area contributed by atoms with Gasteiger partial charge in [-0.25, -0.2) is 15.0 Å². The number of hydrogen-bond donors (Lipinski definition) is 0. The molecule has 8 aromatic carbocycles. The molecule has 0 fully saturated rings. The summed E-state index contributed by atoms with van der Waals surface area (Å²) in [5, 5.41) is 7.11. The third-order valence-electron chi connectivity index (χ3n) is 11.7. The van der Waals surface area contributed by atoms with E-state index in [2.05, 4.69) is 127 Å². The highest BCUT2D eigenvalue weighted by molar-refractivity contribution is 6.12. The van der Waals surface area contributed by atoms with Crippen LogP contribution in [0.15, 0.2) is 193 Å². The Balaban J connectivity index is 0.971. The van der Waals surface area contributed by atoms with Crippen LogP contribution in [0.25, 0.3) is 94.3 Å². The molecule has 12 rings (SSSR count). The first-order valence-corrected chi connectivity index (χ1v) is 19.7. The molecule has 58 heavy (non-hydrogen) atoms. The molecule has 0 bridgehead atoms. The minimum atomic E-state index is -0.0843. The largest absolute Gasteiger partial charge is 0.485 e. The van der Waals surface area contributed by atoms with Crippen molar-refractivity contribution >= 4 is 49.1 Å². The number of ether oxygens (including phenoxy) is 1. The Kier molecular flexibility index (Phi) is 7.29. The van der Waals surface area contributed by atoms with Gasteiger partial charge in [0, 0.05) is 38.9 Å². The highest BCUT2D eigenvalue weighted by atomic mass is 16.5. The first-order chi connectivity index (χ1) is 28.7. The minimum Gasteiger partial charge on any atom is -0.485 e. The number of allylic oxidation sites excluding steroid dienone is 2. The summed E-state index contributed by atoms with van der Waals surface area (Å²) in [7, 11) is 0. The van der Waals surface area contributed by atoms with Crippen LogP contribution in [0.4, 0.5) is 0 Å². The summed E-state index contributed by atoms with van der Waals surface area (Å²) in [6, 6.07) is 59.0. The van der Waals surface area contributed by atoms with E-state index >= 15 is 0 Å². The molecule has 10 aromatic rings. The second-order valence-corrected chi connectivity index (χ2v) is 15.1. The number of aromatic nitrogens is 3. The first kappa shape index (κ1) is 32.6. The molecular formula is C53H33N3O2. The van der Waals surface area contributed by atoms with Crippen LogP contribution in [-0.4, -0.2) is 21.1 Å². The zero-order chi connectivity index (χ0) is 38.2. The van der Waals surface area contributed by atoms with Gasteiger partial charge in [-0.2, -0.15) is 0 Å². The minimum absolute atomic E-state index is 0.0440. The average molecular weight is 744 g/mol. The van der Waals surface area contributed by atoms with Crippen LogP contribution < -0.4 is 4.74 Å². The highest BCUT2D eigenvalue weighted by Crippen LogP contribution is 2.49. The topological polar surface area (TPSA) is 61.0 Å². The van der Waals surface area contributed by atoms with Crippen LogP contribution in [0.1, 0.15) is 17.0 Å². The molecule has 5 nitrogen and oxygen atoms in total. The van der Waals surface area contributed by atoms with Crippen molar-refractivity contribution in [3.8, 4) is 51.0 Å². The van der Waals surface area contributed by atoms with Gasteiger partial charge in [0.25, 0.3) is 0 Å². The SMILES string of the molecule is C1=CC2Oc3cccc(-c4cccc(-c5nc(-c6ccccc6)nc(-c6ccc7oc8ccccc8c7c6)n5)c4)c3C2C=C1c1cc2ccccc2c2ccccc12. The molecule has 1 aliphatic heterocycles. The van der Waals surface area contributed by atoms with Crippen molar-refractivity contribution in [2.45, 2.75) is 12.0 Å². The smallest absolute Gasteiger partial charge is 0.164 e. The second-order valence-electron chi connectivity index (χ2n) is 15.1. The third-order valence-corrected chi connectivity index (χ3v) is 11.7.